The van der Waals surface area contributed by atoms with Gasteiger partial charge in [0.25, 0.3) is 20.0 Å². The Hall–Kier alpha value is -3.37. The Morgan fingerprint density at radius 1 is 0.894 bits per heavy atom. The molecule has 2 fully saturated rings. The predicted molar refractivity (Wildman–Crippen MR) is 183 cm³/mol. The zero-order chi connectivity index (χ0) is 33.5. The normalized spacial score (nSPS) is 21.8. The lowest BCUT2D eigenvalue weighted by Gasteiger charge is -2.39. The summed E-state index contributed by atoms with van der Waals surface area (Å²) in [5.74, 6) is 0. The molecule has 15 heteroatoms. The summed E-state index contributed by atoms with van der Waals surface area (Å²) in [5.41, 5.74) is 1.08. The lowest BCUT2D eigenvalue weighted by atomic mass is 9.65. The van der Waals surface area contributed by atoms with Crippen LogP contribution < -0.4 is 4.72 Å². The summed E-state index contributed by atoms with van der Waals surface area (Å²) in [7, 11) is -7.22. The van der Waals surface area contributed by atoms with Gasteiger partial charge in [-0.3, -0.25) is 10.2 Å². The minimum absolute atomic E-state index is 0.0631. The quantitative estimate of drug-likeness (QED) is 0.172. The smallest absolute Gasteiger partial charge is 0.260 e. The molecule has 2 unspecified atom stereocenters. The van der Waals surface area contributed by atoms with Crippen molar-refractivity contribution in [2.75, 3.05) is 13.1 Å². The van der Waals surface area contributed by atoms with Crippen LogP contribution in [0.15, 0.2) is 81.9 Å². The third-order valence-electron chi connectivity index (χ3n) is 8.71. The largest absolute Gasteiger partial charge is 0.263 e. The molecule has 47 heavy (non-hydrogen) atoms. The molecule has 1 aliphatic heterocycles. The van der Waals surface area contributed by atoms with Crippen LogP contribution in [0.1, 0.15) is 53.4 Å². The number of thioether (sulfide) groups is 1. The molecular weight excluding hydrogens is 657 g/mol. The SMILES string of the molecule is CC(CCNS(=O)(=O)c1[nH]nc2ncccc12)Sc1ccccc1.CC1(C)CC2C[C@](C)(CN2S(=O)(=O)c2[nH]nc3ncccc23)C1. The Labute approximate surface area is 279 Å². The van der Waals surface area contributed by atoms with Crippen molar-refractivity contribution in [1.29, 1.82) is 0 Å². The van der Waals surface area contributed by atoms with E-state index in [4.69, 9.17) is 0 Å². The highest BCUT2D eigenvalue weighted by molar-refractivity contribution is 8.00. The van der Waals surface area contributed by atoms with Gasteiger partial charge in [0.15, 0.2) is 21.3 Å². The minimum atomic E-state index is -3.63. The molecule has 5 aromatic rings. The molecule has 7 rings (SSSR count). The van der Waals surface area contributed by atoms with Crippen LogP contribution >= 0.6 is 11.8 Å². The first-order valence-corrected chi connectivity index (χ1v) is 19.4. The summed E-state index contributed by atoms with van der Waals surface area (Å²) in [6.45, 7) is 9.73. The molecule has 0 radical (unpaired) electrons. The van der Waals surface area contributed by atoms with E-state index in [2.05, 4.69) is 74.9 Å². The number of sulfonamides is 2. The number of benzene rings is 1. The molecule has 3 atom stereocenters. The maximum Gasteiger partial charge on any atom is 0.260 e. The molecule has 5 heterocycles. The van der Waals surface area contributed by atoms with Crippen molar-refractivity contribution >= 4 is 53.9 Å². The molecule has 0 amide bonds. The van der Waals surface area contributed by atoms with Gasteiger partial charge in [-0.2, -0.15) is 14.5 Å². The second kappa shape index (κ2) is 12.9. The van der Waals surface area contributed by atoms with Crippen LogP contribution in [0.5, 0.6) is 0 Å². The van der Waals surface area contributed by atoms with E-state index in [1.54, 1.807) is 52.7 Å². The fourth-order valence-electron chi connectivity index (χ4n) is 7.12. The topological polar surface area (TPSA) is 167 Å². The fraction of sp³-hybridized carbons (Fsp3) is 0.438. The van der Waals surface area contributed by atoms with Crippen molar-refractivity contribution in [3.8, 4) is 0 Å². The Morgan fingerprint density at radius 3 is 2.17 bits per heavy atom. The summed E-state index contributed by atoms with van der Waals surface area (Å²) < 4.78 is 55.7. The first-order chi connectivity index (χ1) is 22.3. The van der Waals surface area contributed by atoms with Gasteiger partial charge >= 0.3 is 0 Å². The van der Waals surface area contributed by atoms with Crippen molar-refractivity contribution < 1.29 is 16.8 Å². The van der Waals surface area contributed by atoms with E-state index in [1.165, 1.54) is 4.90 Å². The van der Waals surface area contributed by atoms with Gasteiger partial charge in [-0.1, -0.05) is 45.9 Å². The molecule has 3 N–H and O–H groups in total. The Bertz CT molecular complexity index is 2080. The first-order valence-electron chi connectivity index (χ1n) is 15.6. The number of hydrogen-bond acceptors (Lipinski definition) is 9. The van der Waals surface area contributed by atoms with Gasteiger partial charge in [0, 0.05) is 41.7 Å². The lowest BCUT2D eigenvalue weighted by molar-refractivity contribution is 0.133. The molecule has 0 spiro atoms. The van der Waals surface area contributed by atoms with Crippen LogP contribution in [-0.2, 0) is 20.0 Å². The van der Waals surface area contributed by atoms with E-state index in [0.29, 0.717) is 40.4 Å². The number of hydrogen-bond donors (Lipinski definition) is 3. The van der Waals surface area contributed by atoms with Gasteiger partial charge in [0.1, 0.15) is 0 Å². The van der Waals surface area contributed by atoms with Gasteiger partial charge in [-0.15, -0.1) is 11.8 Å². The Kier molecular flexibility index (Phi) is 9.21. The van der Waals surface area contributed by atoms with Crippen LogP contribution in [0.2, 0.25) is 0 Å². The monoisotopic (exact) mass is 696 g/mol. The van der Waals surface area contributed by atoms with Gasteiger partial charge < -0.3 is 0 Å². The van der Waals surface area contributed by atoms with E-state index in [0.717, 1.165) is 25.7 Å². The highest BCUT2D eigenvalue weighted by Gasteiger charge is 2.53. The number of pyridine rings is 2. The molecule has 1 aliphatic carbocycles. The van der Waals surface area contributed by atoms with Crippen molar-refractivity contribution in [1.82, 2.24) is 39.4 Å². The number of nitrogens with one attached hydrogen (secondary N) is 3. The second-order valence-corrected chi connectivity index (χ2v) is 18.6. The molecular formula is C32H40N8O4S3. The Balaban J connectivity index is 0.000000164. The van der Waals surface area contributed by atoms with E-state index in [9.17, 15) is 16.8 Å². The summed E-state index contributed by atoms with van der Waals surface area (Å²) in [4.78, 5) is 9.33. The maximum atomic E-state index is 13.2. The molecule has 1 aromatic carbocycles. The van der Waals surface area contributed by atoms with Gasteiger partial charge in [-0.05, 0) is 72.9 Å². The molecule has 4 aromatic heterocycles. The average molecular weight is 697 g/mol. The van der Waals surface area contributed by atoms with Gasteiger partial charge in [0.05, 0.1) is 10.8 Å². The van der Waals surface area contributed by atoms with Gasteiger partial charge in [0.2, 0.25) is 0 Å². The maximum absolute atomic E-state index is 13.2. The van der Waals surface area contributed by atoms with Crippen LogP contribution in [0.25, 0.3) is 22.1 Å². The average Bonchev–Trinajstić information content (AvgIpc) is 3.71. The highest BCUT2D eigenvalue weighted by atomic mass is 32.2. The van der Waals surface area contributed by atoms with Crippen molar-refractivity contribution in [3.63, 3.8) is 0 Å². The van der Waals surface area contributed by atoms with Crippen LogP contribution in [-0.4, -0.2) is 75.9 Å². The highest BCUT2D eigenvalue weighted by Crippen LogP contribution is 2.53. The molecule has 2 aliphatic rings. The van der Waals surface area contributed by atoms with Crippen molar-refractivity contribution in [2.45, 2.75) is 79.6 Å². The number of fused-ring (bicyclic) bond motifs is 4. The number of aromatic amines is 2. The van der Waals surface area contributed by atoms with E-state index < -0.39 is 20.0 Å². The third kappa shape index (κ3) is 7.23. The van der Waals surface area contributed by atoms with Crippen molar-refractivity contribution in [3.05, 3.63) is 67.0 Å². The molecule has 12 nitrogen and oxygen atoms in total. The lowest BCUT2D eigenvalue weighted by Crippen LogP contribution is -2.37. The molecule has 250 valence electrons. The van der Waals surface area contributed by atoms with Crippen molar-refractivity contribution in [2.24, 2.45) is 10.8 Å². The van der Waals surface area contributed by atoms with E-state index >= 15 is 0 Å². The zero-order valence-corrected chi connectivity index (χ0v) is 29.3. The first kappa shape index (κ1) is 33.5. The summed E-state index contributed by atoms with van der Waals surface area (Å²) in [5, 5.41) is 14.8. The molecule has 1 saturated carbocycles. The van der Waals surface area contributed by atoms with Gasteiger partial charge in [-0.25, -0.2) is 31.5 Å². The number of aromatic nitrogens is 6. The third-order valence-corrected chi connectivity index (χ3v) is 13.2. The minimum Gasteiger partial charge on any atom is -0.263 e. The number of H-pyrrole nitrogens is 2. The molecule has 2 bridgehead atoms. The standard InChI is InChI=1S/C16H18N4O2S2.C16H22N4O2S/c1-12(23-13-6-3-2-4-7-13)9-11-18-24(21,22)16-14-8-5-10-17-15(14)19-20-16;1-15(2)7-11-8-16(3,9-15)10-20(11)23(21,22)14-12-5-4-6-17-13(12)18-19-14/h2-8,10,12,18H,9,11H2,1H3,(H,17,19,20);4-6,11H,7-10H2,1-3H3,(H,17,18,19)/t;11?,16-/m.0/s1. The Morgan fingerprint density at radius 2 is 1.51 bits per heavy atom. The van der Waals surface area contributed by atoms with E-state index in [-0.39, 0.29) is 26.9 Å². The van der Waals surface area contributed by atoms with E-state index in [1.807, 2.05) is 18.2 Å². The summed E-state index contributed by atoms with van der Waals surface area (Å²) >= 11 is 1.73. The second-order valence-electron chi connectivity index (χ2n) is 13.5. The number of nitrogens with zero attached hydrogens (tertiary/aromatic N) is 5. The fourth-order valence-corrected chi connectivity index (χ4v) is 11.1. The van der Waals surface area contributed by atoms with Crippen LogP contribution in [0, 0.1) is 10.8 Å². The zero-order valence-electron chi connectivity index (χ0n) is 26.8. The predicted octanol–water partition coefficient (Wildman–Crippen LogP) is 5.35. The molecule has 1 saturated heterocycles. The van der Waals surface area contributed by atoms with Crippen LogP contribution in [0.3, 0.4) is 0 Å². The summed E-state index contributed by atoms with van der Waals surface area (Å²) in [6, 6.07) is 17.0. The number of rotatable bonds is 9. The van der Waals surface area contributed by atoms with Crippen LogP contribution in [0.4, 0.5) is 0 Å². The summed E-state index contributed by atoms with van der Waals surface area (Å²) in [6.07, 6.45) is 6.84.